The summed E-state index contributed by atoms with van der Waals surface area (Å²) in [6, 6.07) is 0.455. The van der Waals surface area contributed by atoms with Crippen molar-refractivity contribution in [3.63, 3.8) is 0 Å². The van der Waals surface area contributed by atoms with E-state index >= 15 is 0 Å². The summed E-state index contributed by atoms with van der Waals surface area (Å²) >= 11 is 0. The van der Waals surface area contributed by atoms with Gasteiger partial charge in [0, 0.05) is 6.04 Å². The fourth-order valence-corrected chi connectivity index (χ4v) is 1.33. The van der Waals surface area contributed by atoms with E-state index in [1.54, 1.807) is 0 Å². The smallest absolute Gasteiger partial charge is 0.0222 e. The van der Waals surface area contributed by atoms with Gasteiger partial charge in [-0.3, -0.25) is 11.3 Å². The first-order chi connectivity index (χ1) is 6.35. The average molecular weight is 201 g/mol. The van der Waals surface area contributed by atoms with Crippen LogP contribution in [0.2, 0.25) is 0 Å². The van der Waals surface area contributed by atoms with Crippen molar-refractivity contribution in [2.24, 2.45) is 11.3 Å². The SMILES string of the molecule is CN(C)CCC(CCC(C)(C)C)NN. The van der Waals surface area contributed by atoms with E-state index < -0.39 is 0 Å². The third-order valence-corrected chi connectivity index (χ3v) is 2.40. The maximum absolute atomic E-state index is 5.52. The summed E-state index contributed by atoms with van der Waals surface area (Å²) in [7, 11) is 4.19. The molecule has 0 aromatic heterocycles. The molecular weight excluding hydrogens is 174 g/mol. The van der Waals surface area contributed by atoms with E-state index in [1.165, 1.54) is 6.42 Å². The molecule has 1 atom stereocenters. The van der Waals surface area contributed by atoms with Crippen LogP contribution >= 0.6 is 0 Å². The summed E-state index contributed by atoms with van der Waals surface area (Å²) in [5, 5.41) is 0. The van der Waals surface area contributed by atoms with Gasteiger partial charge in [-0.25, -0.2) is 0 Å². The predicted molar refractivity (Wildman–Crippen MR) is 63.0 cm³/mol. The van der Waals surface area contributed by atoms with Crippen molar-refractivity contribution < 1.29 is 0 Å². The Morgan fingerprint density at radius 1 is 1.21 bits per heavy atom. The number of rotatable bonds is 6. The van der Waals surface area contributed by atoms with Gasteiger partial charge in [-0.05, 0) is 45.3 Å². The van der Waals surface area contributed by atoms with Crippen molar-refractivity contribution >= 4 is 0 Å². The Bertz CT molecular complexity index is 138. The minimum Gasteiger partial charge on any atom is -0.309 e. The van der Waals surface area contributed by atoms with Gasteiger partial charge < -0.3 is 4.90 Å². The Morgan fingerprint density at radius 2 is 1.79 bits per heavy atom. The fraction of sp³-hybridized carbons (Fsp3) is 1.00. The maximum Gasteiger partial charge on any atom is 0.0222 e. The van der Waals surface area contributed by atoms with Gasteiger partial charge in [0.25, 0.3) is 0 Å². The molecule has 0 aliphatic carbocycles. The van der Waals surface area contributed by atoms with E-state index in [-0.39, 0.29) is 0 Å². The van der Waals surface area contributed by atoms with Crippen LogP contribution in [0.15, 0.2) is 0 Å². The zero-order valence-electron chi connectivity index (χ0n) is 10.4. The van der Waals surface area contributed by atoms with Crippen LogP contribution in [-0.4, -0.2) is 31.6 Å². The number of nitrogens with two attached hydrogens (primary N) is 1. The number of nitrogens with one attached hydrogen (secondary N) is 1. The van der Waals surface area contributed by atoms with Crippen LogP contribution in [0.25, 0.3) is 0 Å². The van der Waals surface area contributed by atoms with Crippen molar-refractivity contribution in [1.29, 1.82) is 0 Å². The van der Waals surface area contributed by atoms with E-state index in [0.29, 0.717) is 11.5 Å². The summed E-state index contributed by atoms with van der Waals surface area (Å²) in [5.41, 5.74) is 3.31. The largest absolute Gasteiger partial charge is 0.309 e. The minimum atomic E-state index is 0.410. The lowest BCUT2D eigenvalue weighted by atomic mass is 9.88. The van der Waals surface area contributed by atoms with Crippen molar-refractivity contribution in [3.05, 3.63) is 0 Å². The topological polar surface area (TPSA) is 41.3 Å². The third kappa shape index (κ3) is 8.48. The highest BCUT2D eigenvalue weighted by atomic mass is 15.2. The second-order valence-corrected chi connectivity index (χ2v) is 5.55. The molecule has 3 heteroatoms. The number of hydrogen-bond acceptors (Lipinski definition) is 3. The first-order valence-electron chi connectivity index (χ1n) is 5.46. The molecule has 0 aliphatic heterocycles. The second-order valence-electron chi connectivity index (χ2n) is 5.55. The molecule has 1 unspecified atom stereocenters. The van der Waals surface area contributed by atoms with Gasteiger partial charge in [0.15, 0.2) is 0 Å². The van der Waals surface area contributed by atoms with Gasteiger partial charge >= 0.3 is 0 Å². The van der Waals surface area contributed by atoms with E-state index in [0.717, 1.165) is 19.4 Å². The van der Waals surface area contributed by atoms with Crippen molar-refractivity contribution in [2.45, 2.75) is 46.1 Å². The molecule has 0 bridgehead atoms. The van der Waals surface area contributed by atoms with E-state index in [4.69, 9.17) is 5.84 Å². The summed E-state index contributed by atoms with van der Waals surface area (Å²) in [5.74, 6) is 5.52. The van der Waals surface area contributed by atoms with Crippen LogP contribution in [0.5, 0.6) is 0 Å². The van der Waals surface area contributed by atoms with Crippen LogP contribution in [0.1, 0.15) is 40.0 Å². The third-order valence-electron chi connectivity index (χ3n) is 2.40. The first kappa shape index (κ1) is 13.9. The zero-order valence-corrected chi connectivity index (χ0v) is 10.4. The van der Waals surface area contributed by atoms with Crippen molar-refractivity contribution in [3.8, 4) is 0 Å². The highest BCUT2D eigenvalue weighted by molar-refractivity contribution is 4.70. The standard InChI is InChI=1S/C11H27N3/c1-11(2,3)8-6-10(13-12)7-9-14(4)5/h10,13H,6-9,12H2,1-5H3. The Hall–Kier alpha value is -0.120. The van der Waals surface area contributed by atoms with Gasteiger partial charge in [0.2, 0.25) is 0 Å². The van der Waals surface area contributed by atoms with Crippen LogP contribution in [0.4, 0.5) is 0 Å². The van der Waals surface area contributed by atoms with Crippen LogP contribution in [0, 0.1) is 5.41 Å². The van der Waals surface area contributed by atoms with Crippen LogP contribution in [0.3, 0.4) is 0 Å². The molecule has 0 amide bonds. The molecular formula is C11H27N3. The second kappa shape index (κ2) is 6.38. The lowest BCUT2D eigenvalue weighted by Crippen LogP contribution is -2.37. The molecule has 0 rings (SSSR count). The first-order valence-corrected chi connectivity index (χ1v) is 5.46. The molecule has 86 valence electrons. The lowest BCUT2D eigenvalue weighted by molar-refractivity contribution is 0.301. The Balaban J connectivity index is 3.69. The minimum absolute atomic E-state index is 0.410. The Kier molecular flexibility index (Phi) is 6.33. The highest BCUT2D eigenvalue weighted by Crippen LogP contribution is 2.22. The zero-order chi connectivity index (χ0) is 11.2. The predicted octanol–water partition coefficient (Wildman–Crippen LogP) is 1.60. The molecule has 3 nitrogen and oxygen atoms in total. The maximum atomic E-state index is 5.52. The molecule has 0 fully saturated rings. The molecule has 0 heterocycles. The highest BCUT2D eigenvalue weighted by Gasteiger charge is 2.14. The van der Waals surface area contributed by atoms with E-state index in [2.05, 4.69) is 45.2 Å². The summed E-state index contributed by atoms with van der Waals surface area (Å²) in [4.78, 5) is 2.20. The summed E-state index contributed by atoms with van der Waals surface area (Å²) in [6.07, 6.45) is 3.50. The number of hydrazine groups is 1. The molecule has 0 spiro atoms. The molecule has 3 N–H and O–H groups in total. The molecule has 0 aliphatic rings. The molecule has 14 heavy (non-hydrogen) atoms. The van der Waals surface area contributed by atoms with Crippen molar-refractivity contribution in [1.82, 2.24) is 10.3 Å². The van der Waals surface area contributed by atoms with E-state index in [9.17, 15) is 0 Å². The molecule has 0 radical (unpaired) electrons. The van der Waals surface area contributed by atoms with Gasteiger partial charge in [-0.15, -0.1) is 0 Å². The molecule has 0 saturated heterocycles. The summed E-state index contributed by atoms with van der Waals surface area (Å²) in [6.45, 7) is 7.91. The normalized spacial score (nSPS) is 14.8. The number of nitrogens with zero attached hydrogens (tertiary/aromatic N) is 1. The van der Waals surface area contributed by atoms with Gasteiger partial charge in [-0.1, -0.05) is 20.8 Å². The van der Waals surface area contributed by atoms with Crippen LogP contribution < -0.4 is 11.3 Å². The monoisotopic (exact) mass is 201 g/mol. The molecule has 0 saturated carbocycles. The summed E-state index contributed by atoms with van der Waals surface area (Å²) < 4.78 is 0. The Morgan fingerprint density at radius 3 is 2.14 bits per heavy atom. The van der Waals surface area contributed by atoms with Gasteiger partial charge in [-0.2, -0.15) is 0 Å². The molecule has 0 aromatic carbocycles. The van der Waals surface area contributed by atoms with Gasteiger partial charge in [0.1, 0.15) is 0 Å². The van der Waals surface area contributed by atoms with Crippen molar-refractivity contribution in [2.75, 3.05) is 20.6 Å². The van der Waals surface area contributed by atoms with Crippen LogP contribution in [-0.2, 0) is 0 Å². The quantitative estimate of drug-likeness (QED) is 0.506. The Labute approximate surface area is 89.0 Å². The fourth-order valence-electron chi connectivity index (χ4n) is 1.33. The van der Waals surface area contributed by atoms with Gasteiger partial charge in [0.05, 0.1) is 0 Å². The lowest BCUT2D eigenvalue weighted by Gasteiger charge is -2.23. The average Bonchev–Trinajstić information content (AvgIpc) is 2.02. The van der Waals surface area contributed by atoms with E-state index in [1.807, 2.05) is 0 Å². The number of hydrogen-bond donors (Lipinski definition) is 2. The molecule has 0 aromatic rings.